The third-order valence-electron chi connectivity index (χ3n) is 8.47. The van der Waals surface area contributed by atoms with Crippen LogP contribution in [0.4, 0.5) is 0 Å². The van der Waals surface area contributed by atoms with Crippen molar-refractivity contribution in [1.82, 2.24) is 39.9 Å². The zero-order valence-corrected chi connectivity index (χ0v) is 31.5. The Hall–Kier alpha value is -4.55. The summed E-state index contributed by atoms with van der Waals surface area (Å²) in [7, 11) is 2.04. The van der Waals surface area contributed by atoms with E-state index in [9.17, 15) is 25.3 Å². The van der Waals surface area contributed by atoms with E-state index in [0.29, 0.717) is 33.5 Å². The molecule has 0 saturated heterocycles. The first-order valence-electron chi connectivity index (χ1n) is 14.8. The van der Waals surface area contributed by atoms with Crippen molar-refractivity contribution >= 4 is 103 Å². The fourth-order valence-electron chi connectivity index (χ4n) is 6.37. The van der Waals surface area contributed by atoms with Gasteiger partial charge in [0, 0.05) is 92.3 Å². The summed E-state index contributed by atoms with van der Waals surface area (Å²) in [6.45, 7) is 0. The van der Waals surface area contributed by atoms with Gasteiger partial charge in [0.25, 0.3) is 27.2 Å². The van der Waals surface area contributed by atoms with E-state index in [1.807, 2.05) is 24.3 Å². The number of H-pyrrole nitrogens is 2. The molecule has 0 spiro atoms. The molecule has 0 radical (unpaired) electrons. The van der Waals surface area contributed by atoms with E-state index < -0.39 is 47.2 Å². The number of rotatable bonds is 3. The Morgan fingerprint density at radius 2 is 0.792 bits per heavy atom. The summed E-state index contributed by atoms with van der Waals surface area (Å²) in [6.07, 6.45) is 0. The molecule has 14 nitrogen and oxygen atoms in total. The average molecular weight is 869 g/mol. The third-order valence-corrected chi connectivity index (χ3v) is 12.8. The van der Waals surface area contributed by atoms with Gasteiger partial charge in [-0.25, -0.2) is 55.2 Å². The van der Waals surface area contributed by atoms with Crippen molar-refractivity contribution in [3.63, 3.8) is 0 Å². The predicted octanol–water partition coefficient (Wildman–Crippen LogP) is 6.65. The van der Waals surface area contributed by atoms with Crippen LogP contribution in [0.2, 0.25) is 0 Å². The number of nitrogens with zero attached hydrogens (tertiary/aromatic N) is 6. The molecule has 9 rings (SSSR count). The second-order valence-electron chi connectivity index (χ2n) is 11.5. The average Bonchev–Trinajstić information content (AvgIpc) is 3.82. The van der Waals surface area contributed by atoms with E-state index in [1.165, 1.54) is 0 Å². The van der Waals surface area contributed by atoms with E-state index in [0.717, 1.165) is 16.8 Å². The van der Waals surface area contributed by atoms with Gasteiger partial charge in [0.1, 0.15) is 37.3 Å². The minimum absolute atomic E-state index is 0. The van der Waals surface area contributed by atoms with Crippen molar-refractivity contribution in [2.75, 3.05) is 0 Å². The van der Waals surface area contributed by atoms with E-state index >= 15 is 0 Å². The van der Waals surface area contributed by atoms with Gasteiger partial charge in [-0.3, -0.25) is 0 Å². The summed E-state index contributed by atoms with van der Waals surface area (Å²) < 4.78 is 78.3. The molecule has 0 saturated carbocycles. The monoisotopic (exact) mass is 866 g/mol. The van der Waals surface area contributed by atoms with Crippen LogP contribution in [-0.4, -0.2) is 65.1 Å². The van der Waals surface area contributed by atoms with Crippen LogP contribution in [0.15, 0.2) is 93.5 Å². The van der Waals surface area contributed by atoms with E-state index in [4.69, 9.17) is 52.0 Å². The molecule has 2 aliphatic rings. The van der Waals surface area contributed by atoms with Crippen LogP contribution in [0.5, 0.6) is 0 Å². The molecule has 0 aliphatic carbocycles. The van der Waals surface area contributed by atoms with Crippen LogP contribution >= 0.6 is 32.0 Å². The number of aromatic nitrogens is 8. The van der Waals surface area contributed by atoms with Gasteiger partial charge in [0.05, 0.1) is 0 Å². The largest absolute Gasteiger partial charge is 0.324 e. The normalized spacial score (nSPS) is 12.7. The van der Waals surface area contributed by atoms with Crippen LogP contribution in [-0.2, 0) is 43.6 Å². The summed E-state index contributed by atoms with van der Waals surface area (Å²) in [5.41, 5.74) is 2.59. The number of halogens is 3. The molecule has 8 bridgehead atoms. The first-order chi connectivity index (χ1) is 24.7. The molecule has 0 amide bonds. The fraction of sp³-hybridized carbons (Fsp3) is 0. The minimum atomic E-state index is -5.16. The maximum Gasteiger partial charge on any atom is 0.264 e. The maximum absolute atomic E-state index is 13.3. The summed E-state index contributed by atoms with van der Waals surface area (Å²) in [4.78, 5) is 31.0. The Balaban J connectivity index is 0.00000400. The second kappa shape index (κ2) is 12.2. The molecule has 2 N–H and O–H groups in total. The third kappa shape index (κ3) is 5.76. The van der Waals surface area contributed by atoms with Crippen LogP contribution < -0.4 is 0 Å². The van der Waals surface area contributed by atoms with Gasteiger partial charge < -0.3 is 9.97 Å². The Morgan fingerprint density at radius 3 is 1.19 bits per heavy atom. The molecular weight excluding hydrogens is 854 g/mol. The zero-order valence-electron chi connectivity index (χ0n) is 25.8. The van der Waals surface area contributed by atoms with Gasteiger partial charge in [0.2, 0.25) is 0 Å². The quantitative estimate of drug-likeness (QED) is 0.141. The van der Waals surface area contributed by atoms with Crippen molar-refractivity contribution in [1.29, 1.82) is 0 Å². The van der Waals surface area contributed by atoms with Crippen molar-refractivity contribution in [2.24, 2.45) is 0 Å². The first kappa shape index (κ1) is 35.5. The summed E-state index contributed by atoms with van der Waals surface area (Å²) in [5, 5.41) is 0.809. The Bertz CT molecular complexity index is 3310. The molecule has 2 aliphatic heterocycles. The smallest absolute Gasteiger partial charge is 0.264 e. The van der Waals surface area contributed by atoms with Crippen molar-refractivity contribution in [3.05, 3.63) is 78.9 Å². The molecular formula is C32H15Cl3N8NiO6S3. The second-order valence-corrected chi connectivity index (χ2v) is 19.1. The molecule has 0 atom stereocenters. The molecule has 4 aromatic carbocycles. The molecule has 21 heteroatoms. The van der Waals surface area contributed by atoms with Gasteiger partial charge in [-0.15, -0.1) is 0 Å². The van der Waals surface area contributed by atoms with Crippen molar-refractivity contribution in [2.45, 2.75) is 14.7 Å². The van der Waals surface area contributed by atoms with Crippen LogP contribution in [0.25, 0.3) is 89.7 Å². The van der Waals surface area contributed by atoms with Crippen LogP contribution in [0, 0.1) is 0 Å². The van der Waals surface area contributed by atoms with E-state index in [1.54, 1.807) is 48.5 Å². The number of fused-ring (bicyclic) bond motifs is 20. The van der Waals surface area contributed by atoms with Crippen LogP contribution in [0.1, 0.15) is 0 Å². The van der Waals surface area contributed by atoms with Gasteiger partial charge in [0.15, 0.2) is 23.3 Å². The summed E-state index contributed by atoms with van der Waals surface area (Å²) >= 11 is 0. The Morgan fingerprint density at radius 1 is 0.434 bits per heavy atom. The molecule has 7 aromatic rings. The Kier molecular flexibility index (Phi) is 8.20. The molecule has 5 heterocycles. The van der Waals surface area contributed by atoms with Crippen molar-refractivity contribution < 1.29 is 41.7 Å². The van der Waals surface area contributed by atoms with Crippen molar-refractivity contribution in [3.8, 4) is 45.6 Å². The topological polar surface area (TPSA) is 211 Å². The summed E-state index contributed by atoms with van der Waals surface area (Å²) in [6, 6.07) is 22.4. The summed E-state index contributed by atoms with van der Waals surface area (Å²) in [5.74, 6) is 0.641. The zero-order chi connectivity index (χ0) is 36.3. The first-order valence-corrected chi connectivity index (χ1v) is 21.7. The molecule has 0 fully saturated rings. The minimum Gasteiger partial charge on any atom is -0.324 e. The number of nitrogens with one attached hydrogen (secondary N) is 2. The number of hydrogen-bond donors (Lipinski definition) is 2. The van der Waals surface area contributed by atoms with E-state index in [-0.39, 0.29) is 56.5 Å². The predicted molar refractivity (Wildman–Crippen MR) is 195 cm³/mol. The maximum atomic E-state index is 13.3. The van der Waals surface area contributed by atoms with Gasteiger partial charge in [-0.05, 0) is 6.07 Å². The SMILES string of the molecule is O=S(=O)(Cl)c1cc2c3nc4nc(nc5[nH]c(nc6nc(nc([nH]3)c2c(S(=O)(=O)Cl)c1S(=O)(=O)Cl)-c1ccccc1-6)c1ccccc51)-c1ccccc1-4.[Ni]. The Labute approximate surface area is 321 Å². The molecule has 3 aromatic heterocycles. The number of benzene rings is 4. The number of hydrogen-bond acceptors (Lipinski definition) is 12. The molecule has 53 heavy (non-hydrogen) atoms. The van der Waals surface area contributed by atoms with Gasteiger partial charge >= 0.3 is 0 Å². The molecule has 268 valence electrons. The fourth-order valence-corrected chi connectivity index (χ4v) is 11.6. The standard InChI is InChI=1S/C32H15Cl3N8O6S3.Ni/c33-50(44,45)21-13-20-22(24(52(35,48)49)23(21)51(34,46)47)32-42-30-19-12-6-5-11-18(19)28(40-30)38-26-15-8-2-1-7-14(15)25(36-26)37-27-16-9-3-4-10-17(16)29(39-27)41-31(20)43-32;/h1-13H,(H2,36,37,38,39,40,41,42,43);. The van der Waals surface area contributed by atoms with Gasteiger partial charge in [-0.1, -0.05) is 72.8 Å². The number of aromatic amines is 2. The van der Waals surface area contributed by atoms with Gasteiger partial charge in [-0.2, -0.15) is 0 Å². The molecule has 0 unspecified atom stereocenters. The van der Waals surface area contributed by atoms with Crippen LogP contribution in [0.3, 0.4) is 0 Å². The van der Waals surface area contributed by atoms with E-state index in [2.05, 4.69) is 19.9 Å².